The summed E-state index contributed by atoms with van der Waals surface area (Å²) >= 11 is 6.71. The minimum absolute atomic E-state index is 0.883. The molecule has 12 aromatic carbocycles. The van der Waals surface area contributed by atoms with Crippen molar-refractivity contribution in [3.05, 3.63) is 459 Å². The lowest BCUT2D eigenvalue weighted by atomic mass is 10.1. The predicted molar refractivity (Wildman–Crippen MR) is 530 cm³/mol. The third-order valence-corrected chi connectivity index (χ3v) is 25.3. The molecule has 12 nitrogen and oxygen atoms in total. The fourth-order valence-corrected chi connectivity index (χ4v) is 19.1. The molecule has 8 aromatic heterocycles. The van der Waals surface area contributed by atoms with E-state index in [2.05, 4.69) is 372 Å². The van der Waals surface area contributed by atoms with Crippen LogP contribution in [0, 0.1) is 41.5 Å². The summed E-state index contributed by atoms with van der Waals surface area (Å²) in [6, 6.07) is 136. The molecule has 0 fully saturated rings. The number of aromatic nitrogens is 8. The number of anilines is 12. The Balaban J connectivity index is 0.000000119. The molecule has 0 amide bonds. The van der Waals surface area contributed by atoms with E-state index < -0.39 is 0 Å². The number of hydrogen-bond donors (Lipinski definition) is 0. The first-order chi connectivity index (χ1) is 62.0. The highest BCUT2D eigenvalue weighted by molar-refractivity contribution is 7.21. The molecule has 0 atom stereocenters. The number of pyridine rings is 4. The Labute approximate surface area is 752 Å². The van der Waals surface area contributed by atoms with Crippen LogP contribution >= 0.6 is 45.3 Å². The van der Waals surface area contributed by atoms with Gasteiger partial charge < -0.3 is 9.80 Å². The van der Waals surface area contributed by atoms with Crippen LogP contribution in [-0.4, -0.2) is 39.9 Å². The van der Waals surface area contributed by atoms with Crippen LogP contribution in [0.15, 0.2) is 425 Å². The maximum Gasteiger partial charge on any atom is 0.144 e. The molecular formula is C110H88N12S4. The maximum absolute atomic E-state index is 5.13. The molecule has 0 aliphatic rings. The molecule has 20 aromatic rings. The zero-order valence-corrected chi connectivity index (χ0v) is 73.7. The van der Waals surface area contributed by atoms with Crippen molar-refractivity contribution in [3.63, 3.8) is 0 Å². The highest BCUT2D eigenvalue weighted by Crippen LogP contribution is 2.53. The zero-order valence-electron chi connectivity index (χ0n) is 70.4. The lowest BCUT2D eigenvalue weighted by Gasteiger charge is -2.27. The van der Waals surface area contributed by atoms with Crippen molar-refractivity contribution in [2.24, 2.45) is 0 Å². The Hall–Kier alpha value is -15.0. The summed E-state index contributed by atoms with van der Waals surface area (Å²) in [6.07, 6.45) is 9.07. The van der Waals surface area contributed by atoms with E-state index in [1.54, 1.807) is 45.3 Å². The molecule has 8 heterocycles. The van der Waals surface area contributed by atoms with Gasteiger partial charge in [0.15, 0.2) is 0 Å². The molecule has 0 spiro atoms. The number of hydrogen-bond acceptors (Lipinski definition) is 16. The van der Waals surface area contributed by atoms with Crippen LogP contribution in [0.3, 0.4) is 0 Å². The lowest BCUT2D eigenvalue weighted by molar-refractivity contribution is 1.23. The van der Waals surface area contributed by atoms with E-state index in [1.807, 2.05) is 134 Å². The van der Waals surface area contributed by atoms with Crippen LogP contribution < -0.4 is 19.6 Å². The Bertz CT molecular complexity index is 6720. The fraction of sp³-hybridized carbons (Fsp3) is 0.0545. The van der Waals surface area contributed by atoms with E-state index in [9.17, 15) is 0 Å². The minimum Gasteiger partial charge on any atom is -0.300 e. The van der Waals surface area contributed by atoms with Crippen molar-refractivity contribution in [2.75, 3.05) is 19.6 Å². The average Bonchev–Trinajstić information content (AvgIpc) is 1.65. The molecule has 0 N–H and O–H groups in total. The van der Waals surface area contributed by atoms with Crippen LogP contribution in [0.2, 0.25) is 0 Å². The van der Waals surface area contributed by atoms with E-state index >= 15 is 0 Å². The zero-order chi connectivity index (χ0) is 85.9. The van der Waals surface area contributed by atoms with E-state index in [0.29, 0.717) is 0 Å². The predicted octanol–water partition coefficient (Wildman–Crippen LogP) is 31.2. The van der Waals surface area contributed by atoms with Gasteiger partial charge in [0.25, 0.3) is 0 Å². The van der Waals surface area contributed by atoms with Crippen molar-refractivity contribution in [3.8, 4) is 87.7 Å². The average molecular weight is 1710 g/mol. The second kappa shape index (κ2) is 39.9. The SMILES string of the molecule is Cc1ccc(-c2nc(-c3ccccn3)sc2N(c2ccccc2)c2ccccc2)cc1.Cc1ccc(-c2nc(-c3ccccn3)sc2N(c2ccccc2C)c2ccccc2C)cc1.Cc1ccccc1N(c1ccccc1C)c1sc(-c2ccccn2)nc1-c1ccccc1.c1ccc(-c2nc(-c3ccncc3)sc2N(c2ccccc2)c2ccccc2)cc1. The van der Waals surface area contributed by atoms with E-state index in [4.69, 9.17) is 19.9 Å². The molecule has 0 bridgehead atoms. The van der Waals surface area contributed by atoms with Crippen molar-refractivity contribution < 1.29 is 0 Å². The summed E-state index contributed by atoms with van der Waals surface area (Å²) in [4.78, 5) is 47.5. The molecule has 0 aliphatic carbocycles. The van der Waals surface area contributed by atoms with Crippen LogP contribution in [0.5, 0.6) is 0 Å². The first kappa shape index (κ1) is 83.2. The highest BCUT2D eigenvalue weighted by Gasteiger charge is 2.30. The van der Waals surface area contributed by atoms with Gasteiger partial charge in [0.05, 0.1) is 17.1 Å². The minimum atomic E-state index is 0.883. The Morgan fingerprint density at radius 1 is 0.190 bits per heavy atom. The van der Waals surface area contributed by atoms with Crippen LogP contribution in [0.25, 0.3) is 87.7 Å². The second-order valence-corrected chi connectivity index (χ2v) is 33.8. The standard InChI is InChI=1S/C29H25N3S.C28H23N3S.C27H21N3S.C26H19N3S/c1-20-15-17-23(18-16-20)27-29(33-28(31-27)24-12-8-9-19-30-24)32(25-13-6-4-10-21(25)2)26-14-7-5-11-22(26)3;1-20-12-6-8-17-24(20)31(25-18-9-7-13-21(25)2)28-26(22-14-4-3-5-15-22)30-27(32-28)23-16-10-11-19-29-23;1-20-15-17-21(18-16-20)25-27(31-26(29-25)24-14-8-9-19-28-24)30(22-10-4-2-5-11-22)23-12-6-3-7-13-23;1-4-10-20(11-5-1)24-26(30-25(28-24)21-16-18-27-19-17-21)29(22-12-6-2-7-13-22)23-14-8-3-9-15-23/h4-19H,1-3H3;3-19H,1-2H3;2-19H,1H3;1-19H. The van der Waals surface area contributed by atoms with E-state index in [0.717, 1.165) is 153 Å². The maximum atomic E-state index is 5.13. The molecule has 612 valence electrons. The first-order valence-corrected chi connectivity index (χ1v) is 44.9. The molecule has 0 saturated carbocycles. The summed E-state index contributed by atoms with van der Waals surface area (Å²) in [5.41, 5.74) is 28.3. The highest BCUT2D eigenvalue weighted by atomic mass is 32.1. The summed E-state index contributed by atoms with van der Waals surface area (Å²) in [5, 5.41) is 8.03. The second-order valence-electron chi connectivity index (χ2n) is 29.9. The molecule has 126 heavy (non-hydrogen) atoms. The van der Waals surface area contributed by atoms with Gasteiger partial charge >= 0.3 is 0 Å². The quantitative estimate of drug-likeness (QED) is 0.0723. The molecule has 0 radical (unpaired) electrons. The number of para-hydroxylation sites is 8. The third kappa shape index (κ3) is 19.2. The topological polar surface area (TPSA) is 116 Å². The lowest BCUT2D eigenvalue weighted by Crippen LogP contribution is -2.12. The largest absolute Gasteiger partial charge is 0.300 e. The van der Waals surface area contributed by atoms with Gasteiger partial charge in [0, 0.05) is 104 Å². The number of thiazole rings is 4. The molecule has 0 unspecified atom stereocenters. The van der Waals surface area contributed by atoms with Gasteiger partial charge in [-0.2, -0.15) is 0 Å². The van der Waals surface area contributed by atoms with Gasteiger partial charge in [-0.3, -0.25) is 29.7 Å². The van der Waals surface area contributed by atoms with E-state index in [-0.39, 0.29) is 0 Å². The van der Waals surface area contributed by atoms with Gasteiger partial charge in [-0.15, -0.1) is 0 Å². The van der Waals surface area contributed by atoms with Crippen molar-refractivity contribution in [2.45, 2.75) is 41.5 Å². The van der Waals surface area contributed by atoms with Crippen molar-refractivity contribution >= 4 is 111 Å². The van der Waals surface area contributed by atoms with E-state index in [1.165, 1.54) is 33.4 Å². The van der Waals surface area contributed by atoms with Gasteiger partial charge in [-0.05, 0) is 185 Å². The van der Waals surface area contributed by atoms with Gasteiger partial charge in [-0.1, -0.05) is 329 Å². The van der Waals surface area contributed by atoms with Gasteiger partial charge in [0.2, 0.25) is 0 Å². The molecule has 0 aliphatic heterocycles. The summed E-state index contributed by atoms with van der Waals surface area (Å²) in [7, 11) is 0. The summed E-state index contributed by atoms with van der Waals surface area (Å²) < 4.78 is 0. The van der Waals surface area contributed by atoms with Crippen LogP contribution in [0.4, 0.5) is 65.5 Å². The number of rotatable bonds is 20. The Morgan fingerprint density at radius 3 is 0.706 bits per heavy atom. The third-order valence-electron chi connectivity index (χ3n) is 21.1. The summed E-state index contributed by atoms with van der Waals surface area (Å²) in [5.74, 6) is 0. The molecule has 16 heteroatoms. The van der Waals surface area contributed by atoms with Crippen molar-refractivity contribution in [1.29, 1.82) is 0 Å². The molecular weight excluding hydrogens is 1620 g/mol. The summed E-state index contributed by atoms with van der Waals surface area (Å²) in [6.45, 7) is 12.8. The smallest absolute Gasteiger partial charge is 0.144 e. The molecule has 0 saturated heterocycles. The number of aryl methyl sites for hydroxylation is 6. The first-order valence-electron chi connectivity index (χ1n) is 41.6. The molecule has 20 rings (SSSR count). The number of nitrogens with zero attached hydrogens (tertiary/aromatic N) is 12. The van der Waals surface area contributed by atoms with Gasteiger partial charge in [0.1, 0.15) is 62.8 Å². The Kier molecular flexibility index (Phi) is 26.3. The van der Waals surface area contributed by atoms with Crippen LogP contribution in [0.1, 0.15) is 33.4 Å². The Morgan fingerprint density at radius 2 is 0.429 bits per heavy atom. The normalized spacial score (nSPS) is 10.8. The number of benzene rings is 12. The monoisotopic (exact) mass is 1700 g/mol. The fourth-order valence-electron chi connectivity index (χ4n) is 14.7. The van der Waals surface area contributed by atoms with Crippen molar-refractivity contribution in [1.82, 2.24) is 39.9 Å². The van der Waals surface area contributed by atoms with Gasteiger partial charge in [-0.25, -0.2) is 19.9 Å². The van der Waals surface area contributed by atoms with Crippen LogP contribution in [-0.2, 0) is 0 Å².